The third-order valence-electron chi connectivity index (χ3n) is 1.94. The van der Waals surface area contributed by atoms with Gasteiger partial charge in [-0.1, -0.05) is 0 Å². The normalized spacial score (nSPS) is 14.9. The van der Waals surface area contributed by atoms with Gasteiger partial charge in [0.05, 0.1) is 0 Å². The summed E-state index contributed by atoms with van der Waals surface area (Å²) in [6.45, 7) is 0. The minimum Gasteiger partial charge on any atom is -0.399 e. The Balaban J connectivity index is 1.92. The van der Waals surface area contributed by atoms with Crippen molar-refractivity contribution in [1.29, 1.82) is 0 Å². The number of urea groups is 1. The van der Waals surface area contributed by atoms with Gasteiger partial charge in [-0.2, -0.15) is 0 Å². The van der Waals surface area contributed by atoms with Crippen LogP contribution in [0.1, 0.15) is 12.8 Å². The second-order valence-corrected chi connectivity index (χ2v) is 3.35. The number of carbonyl (C=O) groups excluding carboxylic acids is 1. The molecule has 2 rings (SSSR count). The molecule has 0 unspecified atom stereocenters. The van der Waals surface area contributed by atoms with Gasteiger partial charge in [0, 0.05) is 24.0 Å². The molecule has 2 amide bonds. The van der Waals surface area contributed by atoms with E-state index in [1.54, 1.807) is 18.3 Å². The highest BCUT2D eigenvalue weighted by atomic mass is 16.2. The molecule has 1 aromatic rings. The van der Waals surface area contributed by atoms with Crippen LogP contribution in [0.3, 0.4) is 0 Å². The number of pyridine rings is 1. The lowest BCUT2D eigenvalue weighted by Gasteiger charge is -2.05. The fourth-order valence-corrected chi connectivity index (χ4v) is 1.08. The molecule has 0 spiro atoms. The van der Waals surface area contributed by atoms with E-state index in [9.17, 15) is 4.79 Å². The van der Waals surface area contributed by atoms with Crippen molar-refractivity contribution in [3.63, 3.8) is 0 Å². The summed E-state index contributed by atoms with van der Waals surface area (Å²) in [6, 6.07) is 3.41. The van der Waals surface area contributed by atoms with E-state index in [1.165, 1.54) is 0 Å². The third kappa shape index (κ3) is 2.35. The Morgan fingerprint density at radius 3 is 3.00 bits per heavy atom. The van der Waals surface area contributed by atoms with Crippen LogP contribution < -0.4 is 16.4 Å². The van der Waals surface area contributed by atoms with Gasteiger partial charge in [0.15, 0.2) is 0 Å². The average molecular weight is 192 g/mol. The number of aromatic nitrogens is 1. The van der Waals surface area contributed by atoms with E-state index >= 15 is 0 Å². The zero-order valence-corrected chi connectivity index (χ0v) is 7.66. The lowest BCUT2D eigenvalue weighted by Crippen LogP contribution is -2.30. The molecular formula is C9H12N4O. The number of nitrogens with two attached hydrogens (primary N) is 1. The fourth-order valence-electron chi connectivity index (χ4n) is 1.08. The van der Waals surface area contributed by atoms with Gasteiger partial charge in [0.1, 0.15) is 5.82 Å². The molecule has 0 bridgehead atoms. The first kappa shape index (κ1) is 8.80. The van der Waals surface area contributed by atoms with Crippen LogP contribution in [0.4, 0.5) is 16.3 Å². The Kier molecular flexibility index (Phi) is 2.22. The van der Waals surface area contributed by atoms with Gasteiger partial charge in [-0.25, -0.2) is 9.78 Å². The van der Waals surface area contributed by atoms with Crippen molar-refractivity contribution in [2.75, 3.05) is 11.1 Å². The molecule has 0 saturated heterocycles. The SMILES string of the molecule is Nc1ccnc(NC(=O)NC2CC2)c1. The lowest BCUT2D eigenvalue weighted by atomic mass is 10.4. The number of rotatable bonds is 2. The van der Waals surface area contributed by atoms with Crippen LogP contribution in [0.2, 0.25) is 0 Å². The van der Waals surface area contributed by atoms with Crippen LogP contribution in [0.5, 0.6) is 0 Å². The lowest BCUT2D eigenvalue weighted by molar-refractivity contribution is 0.251. The van der Waals surface area contributed by atoms with Crippen molar-refractivity contribution in [3.05, 3.63) is 18.3 Å². The second-order valence-electron chi connectivity index (χ2n) is 3.35. The maximum absolute atomic E-state index is 11.3. The monoisotopic (exact) mass is 192 g/mol. The molecule has 0 radical (unpaired) electrons. The molecule has 1 aliphatic rings. The molecule has 0 aromatic carbocycles. The van der Waals surface area contributed by atoms with Gasteiger partial charge in [0.2, 0.25) is 0 Å². The highest BCUT2D eigenvalue weighted by Crippen LogP contribution is 2.18. The zero-order chi connectivity index (χ0) is 9.97. The summed E-state index contributed by atoms with van der Waals surface area (Å²) in [5, 5.41) is 5.40. The van der Waals surface area contributed by atoms with E-state index in [4.69, 9.17) is 5.73 Å². The summed E-state index contributed by atoms with van der Waals surface area (Å²) in [5.41, 5.74) is 6.12. The molecule has 4 N–H and O–H groups in total. The highest BCUT2D eigenvalue weighted by molar-refractivity contribution is 5.88. The topological polar surface area (TPSA) is 80.0 Å². The first-order chi connectivity index (χ1) is 6.74. The molecular weight excluding hydrogens is 180 g/mol. The minimum atomic E-state index is -0.217. The Morgan fingerprint density at radius 2 is 2.36 bits per heavy atom. The summed E-state index contributed by atoms with van der Waals surface area (Å²) in [4.78, 5) is 15.2. The second kappa shape index (κ2) is 3.53. The fraction of sp³-hybridized carbons (Fsp3) is 0.333. The summed E-state index contributed by atoms with van der Waals surface area (Å²) in [5.74, 6) is 0.475. The standard InChI is InChI=1S/C9H12N4O/c10-6-3-4-11-8(5-6)13-9(14)12-7-1-2-7/h3-5,7H,1-2H2,(H4,10,11,12,13,14). The molecule has 1 saturated carbocycles. The number of hydrogen-bond donors (Lipinski definition) is 3. The van der Waals surface area contributed by atoms with Crippen LogP contribution in [-0.4, -0.2) is 17.1 Å². The van der Waals surface area contributed by atoms with Crippen molar-refractivity contribution < 1.29 is 4.79 Å². The molecule has 0 atom stereocenters. The average Bonchev–Trinajstić information content (AvgIpc) is 2.87. The van der Waals surface area contributed by atoms with Gasteiger partial charge >= 0.3 is 6.03 Å². The number of anilines is 2. The predicted octanol–water partition coefficient (Wildman–Crippen LogP) is 0.948. The molecule has 1 aromatic heterocycles. The molecule has 1 aliphatic carbocycles. The summed E-state index contributed by atoms with van der Waals surface area (Å²) < 4.78 is 0. The smallest absolute Gasteiger partial charge is 0.320 e. The van der Waals surface area contributed by atoms with Crippen LogP contribution in [0.15, 0.2) is 18.3 Å². The van der Waals surface area contributed by atoms with Crippen molar-refractivity contribution in [2.45, 2.75) is 18.9 Å². The van der Waals surface area contributed by atoms with Crippen molar-refractivity contribution in [2.24, 2.45) is 0 Å². The van der Waals surface area contributed by atoms with Crippen LogP contribution in [-0.2, 0) is 0 Å². The Morgan fingerprint density at radius 1 is 1.57 bits per heavy atom. The maximum Gasteiger partial charge on any atom is 0.320 e. The number of carbonyl (C=O) groups is 1. The van der Waals surface area contributed by atoms with E-state index in [2.05, 4.69) is 15.6 Å². The predicted molar refractivity (Wildman–Crippen MR) is 53.8 cm³/mol. The van der Waals surface area contributed by atoms with E-state index in [-0.39, 0.29) is 6.03 Å². The van der Waals surface area contributed by atoms with Crippen molar-refractivity contribution in [1.82, 2.24) is 10.3 Å². The van der Waals surface area contributed by atoms with Crippen LogP contribution in [0.25, 0.3) is 0 Å². The first-order valence-electron chi connectivity index (χ1n) is 4.53. The molecule has 1 heterocycles. The number of amides is 2. The number of nitrogen functional groups attached to an aromatic ring is 1. The summed E-state index contributed by atoms with van der Waals surface area (Å²) in [7, 11) is 0. The largest absolute Gasteiger partial charge is 0.399 e. The Labute approximate surface area is 81.7 Å². The summed E-state index contributed by atoms with van der Waals surface area (Å²) >= 11 is 0. The highest BCUT2D eigenvalue weighted by Gasteiger charge is 2.23. The van der Waals surface area contributed by atoms with E-state index in [0.717, 1.165) is 12.8 Å². The number of nitrogens with zero attached hydrogens (tertiary/aromatic N) is 1. The first-order valence-corrected chi connectivity index (χ1v) is 4.53. The Bertz CT molecular complexity index is 348. The number of nitrogens with one attached hydrogen (secondary N) is 2. The van der Waals surface area contributed by atoms with E-state index in [0.29, 0.717) is 17.5 Å². The van der Waals surface area contributed by atoms with Gasteiger partial charge in [-0.3, -0.25) is 5.32 Å². The van der Waals surface area contributed by atoms with Crippen molar-refractivity contribution >= 4 is 17.5 Å². The van der Waals surface area contributed by atoms with Gasteiger partial charge < -0.3 is 11.1 Å². The minimum absolute atomic E-state index is 0.217. The molecule has 0 aliphatic heterocycles. The molecule has 14 heavy (non-hydrogen) atoms. The summed E-state index contributed by atoms with van der Waals surface area (Å²) in [6.07, 6.45) is 3.69. The molecule has 5 nitrogen and oxygen atoms in total. The molecule has 1 fully saturated rings. The van der Waals surface area contributed by atoms with Crippen LogP contribution >= 0.6 is 0 Å². The van der Waals surface area contributed by atoms with Gasteiger partial charge in [-0.05, 0) is 18.9 Å². The third-order valence-corrected chi connectivity index (χ3v) is 1.94. The van der Waals surface area contributed by atoms with Crippen molar-refractivity contribution in [3.8, 4) is 0 Å². The molecule has 5 heteroatoms. The van der Waals surface area contributed by atoms with Gasteiger partial charge in [-0.15, -0.1) is 0 Å². The molecule has 74 valence electrons. The Hall–Kier alpha value is -1.78. The van der Waals surface area contributed by atoms with Gasteiger partial charge in [0.25, 0.3) is 0 Å². The van der Waals surface area contributed by atoms with E-state index < -0.39 is 0 Å². The van der Waals surface area contributed by atoms with E-state index in [1.807, 2.05) is 0 Å². The zero-order valence-electron chi connectivity index (χ0n) is 7.66. The number of hydrogen-bond acceptors (Lipinski definition) is 3. The van der Waals surface area contributed by atoms with Crippen LogP contribution in [0, 0.1) is 0 Å². The quantitative estimate of drug-likeness (QED) is 0.652. The maximum atomic E-state index is 11.3.